The van der Waals surface area contributed by atoms with Gasteiger partial charge in [-0.2, -0.15) is 0 Å². The summed E-state index contributed by atoms with van der Waals surface area (Å²) in [5, 5.41) is 1.62. The lowest BCUT2D eigenvalue weighted by Crippen LogP contribution is -1.89. The Bertz CT molecular complexity index is 623. The van der Waals surface area contributed by atoms with Crippen molar-refractivity contribution in [1.29, 1.82) is 0 Å². The van der Waals surface area contributed by atoms with Gasteiger partial charge in [-0.3, -0.25) is 4.79 Å². The van der Waals surface area contributed by atoms with Crippen LogP contribution in [0.15, 0.2) is 30.3 Å². The van der Waals surface area contributed by atoms with Crippen LogP contribution in [0.5, 0.6) is 0 Å². The SMILES string of the molecule is O=Cc1cc(Cl)ccc1-c1cc(Cl)cc(Cl)c1Cl. The van der Waals surface area contributed by atoms with Crippen LogP contribution in [-0.2, 0) is 0 Å². The van der Waals surface area contributed by atoms with E-state index in [4.69, 9.17) is 46.4 Å². The Balaban J connectivity index is 2.72. The Kier molecular flexibility index (Phi) is 4.18. The third-order valence-corrected chi connectivity index (χ3v) is 3.68. The maximum atomic E-state index is 11.1. The number of halogens is 4. The lowest BCUT2D eigenvalue weighted by molar-refractivity contribution is 0.112. The molecule has 0 atom stereocenters. The van der Waals surface area contributed by atoms with E-state index in [9.17, 15) is 4.79 Å². The van der Waals surface area contributed by atoms with E-state index in [0.717, 1.165) is 0 Å². The fourth-order valence-corrected chi connectivity index (χ4v) is 2.51. The van der Waals surface area contributed by atoms with Crippen LogP contribution in [0, 0.1) is 0 Å². The van der Waals surface area contributed by atoms with E-state index < -0.39 is 0 Å². The zero-order chi connectivity index (χ0) is 13.3. The Morgan fingerprint density at radius 1 is 0.833 bits per heavy atom. The number of hydrogen-bond acceptors (Lipinski definition) is 1. The Hall–Kier alpha value is -0.730. The summed E-state index contributed by atoms with van der Waals surface area (Å²) in [7, 11) is 0. The first kappa shape index (κ1) is 13.7. The highest BCUT2D eigenvalue weighted by Gasteiger charge is 2.12. The number of carbonyl (C=O) groups is 1. The monoisotopic (exact) mass is 318 g/mol. The second-order valence-corrected chi connectivity index (χ2v) is 5.26. The van der Waals surface area contributed by atoms with Crippen LogP contribution < -0.4 is 0 Å². The molecule has 92 valence electrons. The van der Waals surface area contributed by atoms with Crippen LogP contribution >= 0.6 is 46.4 Å². The summed E-state index contributed by atoms with van der Waals surface area (Å²) in [4.78, 5) is 11.1. The maximum Gasteiger partial charge on any atom is 0.150 e. The van der Waals surface area contributed by atoms with Gasteiger partial charge in [0.2, 0.25) is 0 Å². The molecular weight excluding hydrogens is 314 g/mol. The van der Waals surface area contributed by atoms with Crippen LogP contribution in [-0.4, -0.2) is 6.29 Å². The molecule has 0 unspecified atom stereocenters. The zero-order valence-corrected chi connectivity index (χ0v) is 11.9. The van der Waals surface area contributed by atoms with Crippen molar-refractivity contribution in [2.24, 2.45) is 0 Å². The molecule has 0 aromatic heterocycles. The summed E-state index contributed by atoms with van der Waals surface area (Å²) < 4.78 is 0. The highest BCUT2D eigenvalue weighted by Crippen LogP contribution is 2.38. The predicted molar refractivity (Wildman–Crippen MR) is 77.3 cm³/mol. The van der Waals surface area contributed by atoms with Gasteiger partial charge in [-0.15, -0.1) is 0 Å². The molecule has 0 aliphatic carbocycles. The molecular formula is C13H6Cl4O. The summed E-state index contributed by atoms with van der Waals surface area (Å²) >= 11 is 23.9. The maximum absolute atomic E-state index is 11.1. The normalized spacial score (nSPS) is 10.4. The van der Waals surface area contributed by atoms with Gasteiger partial charge in [-0.1, -0.05) is 52.5 Å². The minimum absolute atomic E-state index is 0.339. The van der Waals surface area contributed by atoms with Crippen molar-refractivity contribution < 1.29 is 4.79 Å². The fraction of sp³-hybridized carbons (Fsp3) is 0. The minimum Gasteiger partial charge on any atom is -0.298 e. The van der Waals surface area contributed by atoms with E-state index in [1.54, 1.807) is 30.3 Å². The second-order valence-electron chi connectivity index (χ2n) is 3.60. The van der Waals surface area contributed by atoms with Crippen LogP contribution in [0.1, 0.15) is 10.4 Å². The number of carbonyl (C=O) groups excluding carboxylic acids is 1. The molecule has 0 radical (unpaired) electrons. The van der Waals surface area contributed by atoms with E-state index >= 15 is 0 Å². The molecule has 0 aliphatic heterocycles. The summed E-state index contributed by atoms with van der Waals surface area (Å²) in [6, 6.07) is 8.15. The molecule has 0 bridgehead atoms. The van der Waals surface area contributed by atoms with E-state index in [-0.39, 0.29) is 0 Å². The van der Waals surface area contributed by atoms with Gasteiger partial charge >= 0.3 is 0 Å². The minimum atomic E-state index is 0.339. The van der Waals surface area contributed by atoms with Crippen LogP contribution in [0.2, 0.25) is 20.1 Å². The molecule has 0 fully saturated rings. The van der Waals surface area contributed by atoms with Crippen molar-refractivity contribution in [3.63, 3.8) is 0 Å². The Morgan fingerprint density at radius 2 is 1.56 bits per heavy atom. The molecule has 2 rings (SSSR count). The predicted octanol–water partition coefficient (Wildman–Crippen LogP) is 5.78. The quantitative estimate of drug-likeness (QED) is 0.506. The number of aldehydes is 1. The summed E-state index contributed by atoms with van der Waals surface area (Å²) in [5.41, 5.74) is 1.68. The molecule has 5 heteroatoms. The van der Waals surface area contributed by atoms with Crippen molar-refractivity contribution in [3.8, 4) is 11.1 Å². The molecule has 18 heavy (non-hydrogen) atoms. The molecule has 0 saturated carbocycles. The third-order valence-electron chi connectivity index (χ3n) is 2.42. The van der Waals surface area contributed by atoms with Gasteiger partial charge in [0, 0.05) is 21.2 Å². The van der Waals surface area contributed by atoms with Gasteiger partial charge in [0.05, 0.1) is 10.0 Å². The highest BCUT2D eigenvalue weighted by atomic mass is 35.5. The molecule has 2 aromatic rings. The molecule has 0 aliphatic rings. The standard InChI is InChI=1S/C13H6Cl4O/c14-8-1-2-10(7(3-8)6-18)11-4-9(15)5-12(16)13(11)17/h1-6H. The molecule has 1 nitrogen and oxygen atoms in total. The van der Waals surface area contributed by atoms with Gasteiger partial charge < -0.3 is 0 Å². The van der Waals surface area contributed by atoms with Crippen molar-refractivity contribution in [2.75, 3.05) is 0 Å². The number of hydrogen-bond donors (Lipinski definition) is 0. The first-order valence-electron chi connectivity index (χ1n) is 4.92. The Labute approximate surface area is 124 Å². The summed E-state index contributed by atoms with van der Waals surface area (Å²) in [6.45, 7) is 0. The number of rotatable bonds is 2. The van der Waals surface area contributed by atoms with Gasteiger partial charge in [0.25, 0.3) is 0 Å². The van der Waals surface area contributed by atoms with E-state index in [0.29, 0.717) is 43.1 Å². The van der Waals surface area contributed by atoms with Crippen LogP contribution in [0.4, 0.5) is 0 Å². The van der Waals surface area contributed by atoms with E-state index in [1.165, 1.54) is 0 Å². The Morgan fingerprint density at radius 3 is 2.22 bits per heavy atom. The molecule has 0 amide bonds. The van der Waals surface area contributed by atoms with Crippen molar-refractivity contribution >= 4 is 52.7 Å². The first-order chi connectivity index (χ1) is 8.52. The lowest BCUT2D eigenvalue weighted by atomic mass is 10.0. The smallest absolute Gasteiger partial charge is 0.150 e. The van der Waals surface area contributed by atoms with Gasteiger partial charge in [0.1, 0.15) is 0 Å². The molecule has 2 aromatic carbocycles. The van der Waals surface area contributed by atoms with Crippen molar-refractivity contribution in [3.05, 3.63) is 56.0 Å². The van der Waals surface area contributed by atoms with E-state index in [1.807, 2.05) is 0 Å². The van der Waals surface area contributed by atoms with Crippen LogP contribution in [0.25, 0.3) is 11.1 Å². The fourth-order valence-electron chi connectivity index (χ4n) is 1.63. The average Bonchev–Trinajstić information content (AvgIpc) is 2.34. The van der Waals surface area contributed by atoms with Gasteiger partial charge in [0.15, 0.2) is 6.29 Å². The first-order valence-corrected chi connectivity index (χ1v) is 6.43. The van der Waals surface area contributed by atoms with Gasteiger partial charge in [-0.05, 0) is 29.8 Å². The highest BCUT2D eigenvalue weighted by molar-refractivity contribution is 6.45. The lowest BCUT2D eigenvalue weighted by Gasteiger charge is -2.09. The number of benzene rings is 2. The molecule has 0 N–H and O–H groups in total. The topological polar surface area (TPSA) is 17.1 Å². The summed E-state index contributed by atoms with van der Waals surface area (Å²) in [5.74, 6) is 0. The molecule has 0 spiro atoms. The average molecular weight is 320 g/mol. The van der Waals surface area contributed by atoms with Crippen molar-refractivity contribution in [1.82, 2.24) is 0 Å². The second kappa shape index (κ2) is 5.50. The van der Waals surface area contributed by atoms with E-state index in [2.05, 4.69) is 0 Å². The van der Waals surface area contributed by atoms with Gasteiger partial charge in [-0.25, -0.2) is 0 Å². The summed E-state index contributed by atoms with van der Waals surface area (Å²) in [6.07, 6.45) is 0.715. The van der Waals surface area contributed by atoms with Crippen LogP contribution in [0.3, 0.4) is 0 Å². The zero-order valence-electron chi connectivity index (χ0n) is 8.88. The largest absolute Gasteiger partial charge is 0.298 e. The van der Waals surface area contributed by atoms with Crippen molar-refractivity contribution in [2.45, 2.75) is 0 Å². The molecule has 0 saturated heterocycles. The molecule has 0 heterocycles. The third kappa shape index (κ3) is 2.65.